The Morgan fingerprint density at radius 2 is 1.64 bits per heavy atom. The van der Waals surface area contributed by atoms with E-state index in [9.17, 15) is 14.7 Å². The number of pyridine rings is 1. The summed E-state index contributed by atoms with van der Waals surface area (Å²) in [5.74, 6) is -0.149. The first-order chi connectivity index (χ1) is 22.0. The molecule has 222 valence electrons. The number of aromatic nitrogens is 4. The summed E-state index contributed by atoms with van der Waals surface area (Å²) >= 11 is 2.71. The molecular formula is C34H25N5O4S2. The second kappa shape index (κ2) is 12.0. The van der Waals surface area contributed by atoms with E-state index in [0.717, 1.165) is 5.56 Å². The number of imidazole rings is 1. The van der Waals surface area contributed by atoms with Crippen LogP contribution >= 0.6 is 23.1 Å². The highest BCUT2D eigenvalue weighted by atomic mass is 32.2. The molecule has 3 aromatic heterocycles. The number of Topliss-reactive ketones (excluding diaryl/α,β-unsaturated/α-hetero) is 1. The van der Waals surface area contributed by atoms with Gasteiger partial charge in [0.15, 0.2) is 10.1 Å². The first-order valence-electron chi connectivity index (χ1n) is 14.1. The second-order valence-corrected chi connectivity index (χ2v) is 12.4. The molecule has 0 spiro atoms. The third-order valence-corrected chi connectivity index (χ3v) is 9.46. The zero-order chi connectivity index (χ0) is 30.9. The van der Waals surface area contributed by atoms with Crippen molar-refractivity contribution >= 4 is 51.3 Å². The summed E-state index contributed by atoms with van der Waals surface area (Å²) in [5.41, 5.74) is 3.06. The maximum atomic E-state index is 13.8. The van der Waals surface area contributed by atoms with Gasteiger partial charge in [-0.05, 0) is 54.4 Å². The van der Waals surface area contributed by atoms with Crippen LogP contribution in [0.3, 0.4) is 0 Å². The first-order valence-corrected chi connectivity index (χ1v) is 15.9. The topological polar surface area (TPSA) is 110 Å². The van der Waals surface area contributed by atoms with Crippen LogP contribution in [0, 0.1) is 6.92 Å². The lowest BCUT2D eigenvalue weighted by atomic mass is 9.96. The van der Waals surface area contributed by atoms with Crippen molar-refractivity contribution in [2.45, 2.75) is 23.1 Å². The van der Waals surface area contributed by atoms with Crippen LogP contribution in [0.1, 0.15) is 28.6 Å². The third-order valence-electron chi connectivity index (χ3n) is 7.33. The maximum absolute atomic E-state index is 13.8. The average molecular weight is 632 g/mol. The summed E-state index contributed by atoms with van der Waals surface area (Å²) in [7, 11) is 0. The molecule has 1 aliphatic heterocycles. The minimum absolute atomic E-state index is 0.0701. The van der Waals surface area contributed by atoms with E-state index in [-0.39, 0.29) is 16.5 Å². The van der Waals surface area contributed by atoms with Gasteiger partial charge in [0.1, 0.15) is 22.8 Å². The van der Waals surface area contributed by atoms with Crippen molar-refractivity contribution in [2.24, 2.45) is 0 Å². The molecule has 9 nitrogen and oxygen atoms in total. The summed E-state index contributed by atoms with van der Waals surface area (Å²) in [6, 6.07) is 30.9. The Morgan fingerprint density at radius 3 is 2.44 bits per heavy atom. The number of aryl methyl sites for hydroxylation is 1. The highest BCUT2D eigenvalue weighted by Gasteiger charge is 2.49. The van der Waals surface area contributed by atoms with E-state index in [1.54, 1.807) is 53.9 Å². The number of ether oxygens (including phenoxy) is 1. The number of carbonyl (C=O) groups is 2. The average Bonchev–Trinajstić information content (AvgIpc) is 3.74. The SMILES string of the molecule is Cc1nc2ccccn2c1/C(O)=C1\C(=O)C(=O)N(c2nnc(SCc3ccccc3)s2)C1c1cccc(Oc2ccccc2)c1. The molecule has 4 heterocycles. The van der Waals surface area contributed by atoms with Gasteiger partial charge < -0.3 is 9.84 Å². The third kappa shape index (κ3) is 5.47. The second-order valence-electron chi connectivity index (χ2n) is 10.3. The monoisotopic (exact) mass is 631 g/mol. The van der Waals surface area contributed by atoms with Crippen LogP contribution in [0.5, 0.6) is 11.5 Å². The molecule has 1 atom stereocenters. The summed E-state index contributed by atoms with van der Waals surface area (Å²) in [6.07, 6.45) is 1.75. The van der Waals surface area contributed by atoms with Crippen LogP contribution in [0.15, 0.2) is 119 Å². The number of ketones is 1. The molecule has 1 N–H and O–H groups in total. The quantitative estimate of drug-likeness (QED) is 0.0617. The fraction of sp³-hybridized carbons (Fsp3) is 0.0882. The standard InChI is InChI=1S/C34H25N5O4S2/c1-21-28(38-18-9-8-17-26(38)35-21)30(40)27-29(23-13-10-16-25(19-23)43-24-14-6-3-7-15-24)39(32(42)31(27)41)33-36-37-34(45-33)44-20-22-11-4-2-5-12-22/h2-19,29,40H,20H2,1H3/b30-27+. The molecule has 11 heteroatoms. The van der Waals surface area contributed by atoms with E-state index in [0.29, 0.717) is 44.2 Å². The van der Waals surface area contributed by atoms with E-state index >= 15 is 0 Å². The molecular weight excluding hydrogens is 607 g/mol. The van der Waals surface area contributed by atoms with Gasteiger partial charge in [0.2, 0.25) is 5.13 Å². The van der Waals surface area contributed by atoms with E-state index in [4.69, 9.17) is 4.74 Å². The van der Waals surface area contributed by atoms with Crippen molar-refractivity contribution in [1.29, 1.82) is 0 Å². The Hall–Kier alpha value is -5.26. The smallest absolute Gasteiger partial charge is 0.301 e. The van der Waals surface area contributed by atoms with Crippen molar-refractivity contribution in [3.05, 3.63) is 137 Å². The van der Waals surface area contributed by atoms with E-state index in [1.807, 2.05) is 66.7 Å². The molecule has 0 aliphatic carbocycles. The van der Waals surface area contributed by atoms with Gasteiger partial charge in [-0.15, -0.1) is 10.2 Å². The number of hydrogen-bond acceptors (Lipinski definition) is 9. The number of amides is 1. The van der Waals surface area contributed by atoms with Gasteiger partial charge in [0, 0.05) is 11.9 Å². The molecule has 6 aromatic rings. The minimum atomic E-state index is -1.00. The fourth-order valence-corrected chi connectivity index (χ4v) is 7.15. The lowest BCUT2D eigenvalue weighted by Gasteiger charge is -2.23. The minimum Gasteiger partial charge on any atom is -0.505 e. The summed E-state index contributed by atoms with van der Waals surface area (Å²) < 4.78 is 8.43. The molecule has 1 fully saturated rings. The number of fused-ring (bicyclic) bond motifs is 1. The van der Waals surface area contributed by atoms with Gasteiger partial charge >= 0.3 is 5.91 Å². The molecule has 1 amide bonds. The van der Waals surface area contributed by atoms with Crippen LogP contribution in [-0.2, 0) is 15.3 Å². The van der Waals surface area contributed by atoms with E-state index in [1.165, 1.54) is 28.0 Å². The first kappa shape index (κ1) is 28.5. The van der Waals surface area contributed by atoms with Crippen molar-refractivity contribution < 1.29 is 19.4 Å². The normalized spacial score (nSPS) is 16.0. The number of anilines is 1. The molecule has 0 radical (unpaired) electrons. The van der Waals surface area contributed by atoms with Crippen LogP contribution < -0.4 is 9.64 Å². The lowest BCUT2D eigenvalue weighted by molar-refractivity contribution is -0.132. The highest BCUT2D eigenvalue weighted by molar-refractivity contribution is 8.00. The Kier molecular flexibility index (Phi) is 7.62. The Balaban J connectivity index is 1.33. The largest absolute Gasteiger partial charge is 0.505 e. The number of rotatable bonds is 8. The Bertz CT molecular complexity index is 2070. The number of thioether (sulfide) groups is 1. The Labute approximate surface area is 266 Å². The fourth-order valence-electron chi connectivity index (χ4n) is 5.32. The van der Waals surface area contributed by atoms with Crippen molar-refractivity contribution in [1.82, 2.24) is 19.6 Å². The molecule has 1 saturated heterocycles. The summed E-state index contributed by atoms with van der Waals surface area (Å²) in [4.78, 5) is 33.5. The number of para-hydroxylation sites is 1. The van der Waals surface area contributed by atoms with Crippen molar-refractivity contribution in [3.8, 4) is 11.5 Å². The van der Waals surface area contributed by atoms with Crippen molar-refractivity contribution in [3.63, 3.8) is 0 Å². The highest BCUT2D eigenvalue weighted by Crippen LogP contribution is 2.45. The predicted octanol–water partition coefficient (Wildman–Crippen LogP) is 7.21. The van der Waals surface area contributed by atoms with Crippen molar-refractivity contribution in [2.75, 3.05) is 4.90 Å². The summed E-state index contributed by atoms with van der Waals surface area (Å²) in [6.45, 7) is 1.75. The van der Waals surface area contributed by atoms with Gasteiger partial charge in [0.25, 0.3) is 5.78 Å². The van der Waals surface area contributed by atoms with E-state index < -0.39 is 17.7 Å². The van der Waals surface area contributed by atoms with Crippen LogP contribution in [0.25, 0.3) is 11.4 Å². The maximum Gasteiger partial charge on any atom is 0.301 e. The molecule has 0 saturated carbocycles. The molecule has 1 unspecified atom stereocenters. The molecule has 45 heavy (non-hydrogen) atoms. The van der Waals surface area contributed by atoms with Crippen LogP contribution in [-0.4, -0.2) is 36.4 Å². The van der Waals surface area contributed by atoms with Gasteiger partial charge in [-0.2, -0.15) is 0 Å². The number of carbonyl (C=O) groups excluding carboxylic acids is 2. The van der Waals surface area contributed by atoms with Gasteiger partial charge in [-0.1, -0.05) is 89.8 Å². The van der Waals surface area contributed by atoms with Gasteiger partial charge in [-0.25, -0.2) is 4.98 Å². The van der Waals surface area contributed by atoms with Crippen LogP contribution in [0.2, 0.25) is 0 Å². The molecule has 7 rings (SSSR count). The number of aliphatic hydroxyl groups excluding tert-OH is 1. The van der Waals surface area contributed by atoms with Gasteiger partial charge in [0.05, 0.1) is 17.3 Å². The number of nitrogens with zero attached hydrogens (tertiary/aromatic N) is 5. The molecule has 3 aromatic carbocycles. The number of aliphatic hydroxyl groups is 1. The molecule has 1 aliphatic rings. The predicted molar refractivity (Wildman–Crippen MR) is 174 cm³/mol. The Morgan fingerprint density at radius 1 is 0.911 bits per heavy atom. The number of benzene rings is 3. The zero-order valence-electron chi connectivity index (χ0n) is 23.9. The van der Waals surface area contributed by atoms with Crippen LogP contribution in [0.4, 0.5) is 5.13 Å². The lowest BCUT2D eigenvalue weighted by Crippen LogP contribution is -2.29. The summed E-state index contributed by atoms with van der Waals surface area (Å²) in [5, 5.41) is 20.7. The van der Waals surface area contributed by atoms with Gasteiger partial charge in [-0.3, -0.25) is 18.9 Å². The zero-order valence-corrected chi connectivity index (χ0v) is 25.5. The molecule has 0 bridgehead atoms. The van der Waals surface area contributed by atoms with E-state index in [2.05, 4.69) is 15.2 Å². The number of hydrogen-bond donors (Lipinski definition) is 1.